The van der Waals surface area contributed by atoms with Crippen molar-refractivity contribution in [3.05, 3.63) is 87.4 Å². The number of halogens is 1. The molecule has 39 heavy (non-hydrogen) atoms. The van der Waals surface area contributed by atoms with Crippen LogP contribution in [-0.2, 0) is 13.0 Å². The van der Waals surface area contributed by atoms with Gasteiger partial charge in [0.2, 0.25) is 0 Å². The van der Waals surface area contributed by atoms with Gasteiger partial charge >= 0.3 is 0 Å². The molecule has 0 aromatic heterocycles. The number of aromatic hydroxyl groups is 1. The molecular weight excluding hydrogens is 514 g/mol. The zero-order valence-electron chi connectivity index (χ0n) is 22.5. The van der Waals surface area contributed by atoms with Gasteiger partial charge in [0.25, 0.3) is 0 Å². The van der Waals surface area contributed by atoms with Gasteiger partial charge in [-0.15, -0.1) is 0 Å². The van der Waals surface area contributed by atoms with E-state index in [0.717, 1.165) is 62.5 Å². The molecule has 1 atom stereocenters. The maximum absolute atomic E-state index is 10.6. The fraction of sp³-hybridized carbons (Fsp3) is 0.387. The molecule has 2 heterocycles. The predicted molar refractivity (Wildman–Crippen MR) is 154 cm³/mol. The Morgan fingerprint density at radius 2 is 1.72 bits per heavy atom. The first kappa shape index (κ1) is 27.3. The average Bonchev–Trinajstić information content (AvgIpc) is 2.96. The van der Waals surface area contributed by atoms with Crippen LogP contribution in [0.4, 0.5) is 0 Å². The molecule has 206 valence electrons. The molecule has 0 radical (unpaired) electrons. The molecule has 1 fully saturated rings. The zero-order chi connectivity index (χ0) is 27.4. The lowest BCUT2D eigenvalue weighted by Gasteiger charge is -2.41. The molecule has 2 aliphatic heterocycles. The Labute approximate surface area is 235 Å². The van der Waals surface area contributed by atoms with Crippen LogP contribution in [0.1, 0.15) is 46.7 Å². The Morgan fingerprint density at radius 3 is 2.41 bits per heavy atom. The molecule has 1 saturated heterocycles. The topological polar surface area (TPSA) is 77.8 Å². The fourth-order valence-electron chi connectivity index (χ4n) is 6.08. The van der Waals surface area contributed by atoms with E-state index < -0.39 is 0 Å². The number of rotatable bonds is 8. The van der Waals surface area contributed by atoms with Crippen LogP contribution in [0.5, 0.6) is 17.2 Å². The zero-order valence-corrected chi connectivity index (χ0v) is 23.3. The van der Waals surface area contributed by atoms with Crippen molar-refractivity contribution in [2.75, 3.05) is 40.4 Å². The third-order valence-corrected chi connectivity index (χ3v) is 8.28. The van der Waals surface area contributed by atoms with E-state index >= 15 is 0 Å². The molecule has 5 rings (SSSR count). The summed E-state index contributed by atoms with van der Waals surface area (Å²) in [4.78, 5) is 4.99. The number of methoxy groups -OCH3 is 2. The van der Waals surface area contributed by atoms with Crippen LogP contribution in [0.2, 0.25) is 5.02 Å². The SMILES string of the molecule is COc1cc2c(cc1OC)C(c1ccccc1)N(CC1CCN(Cc3cc(Cl)cc(/C=N/O)c3O)CC1)CC2. The Hall–Kier alpha value is -3.26. The monoisotopic (exact) mass is 549 g/mol. The summed E-state index contributed by atoms with van der Waals surface area (Å²) in [6, 6.07) is 18.6. The third-order valence-electron chi connectivity index (χ3n) is 8.06. The van der Waals surface area contributed by atoms with Gasteiger partial charge in [0.15, 0.2) is 11.5 Å². The van der Waals surface area contributed by atoms with Crippen LogP contribution in [-0.4, -0.2) is 66.7 Å². The van der Waals surface area contributed by atoms with E-state index in [4.69, 9.17) is 26.3 Å². The van der Waals surface area contributed by atoms with Crippen LogP contribution in [0.15, 0.2) is 59.8 Å². The highest BCUT2D eigenvalue weighted by Crippen LogP contribution is 2.41. The molecule has 0 aliphatic carbocycles. The molecule has 0 spiro atoms. The van der Waals surface area contributed by atoms with E-state index in [2.05, 4.69) is 57.4 Å². The second-order valence-corrected chi connectivity index (χ2v) is 10.9. The van der Waals surface area contributed by atoms with Crippen molar-refractivity contribution in [2.24, 2.45) is 11.1 Å². The molecule has 0 saturated carbocycles. The van der Waals surface area contributed by atoms with Crippen LogP contribution in [0.3, 0.4) is 0 Å². The van der Waals surface area contributed by atoms with Crippen LogP contribution in [0, 0.1) is 5.92 Å². The highest BCUT2D eigenvalue weighted by atomic mass is 35.5. The van der Waals surface area contributed by atoms with Crippen molar-refractivity contribution in [1.82, 2.24) is 9.80 Å². The summed E-state index contributed by atoms with van der Waals surface area (Å²) in [7, 11) is 3.39. The first-order valence-corrected chi connectivity index (χ1v) is 13.8. The number of nitrogens with zero attached hydrogens (tertiary/aromatic N) is 3. The van der Waals surface area contributed by atoms with Gasteiger partial charge in [-0.05, 0) is 79.2 Å². The van der Waals surface area contributed by atoms with E-state index in [0.29, 0.717) is 23.0 Å². The average molecular weight is 550 g/mol. The maximum Gasteiger partial charge on any atom is 0.161 e. The van der Waals surface area contributed by atoms with Gasteiger partial charge in [0, 0.05) is 35.8 Å². The number of hydrogen-bond donors (Lipinski definition) is 2. The lowest BCUT2D eigenvalue weighted by Crippen LogP contribution is -2.42. The standard InChI is InChI=1S/C31H36ClN3O4/c1-38-28-16-23-10-13-35(30(22-6-4-3-5-7-22)27(23)17-29(28)39-2)19-21-8-11-34(12-9-21)20-25-15-26(32)14-24(18-33-37)31(25)36/h3-7,14-18,21,30,36-37H,8-13,19-20H2,1-2H3/b33-18+. The van der Waals surface area contributed by atoms with Crippen LogP contribution < -0.4 is 9.47 Å². The van der Waals surface area contributed by atoms with Gasteiger partial charge in [-0.1, -0.05) is 47.1 Å². The quantitative estimate of drug-likeness (QED) is 0.212. The minimum atomic E-state index is 0.115. The highest BCUT2D eigenvalue weighted by Gasteiger charge is 2.32. The molecular formula is C31H36ClN3O4. The van der Waals surface area contributed by atoms with E-state index in [-0.39, 0.29) is 11.8 Å². The largest absolute Gasteiger partial charge is 0.507 e. The Morgan fingerprint density at radius 1 is 1.00 bits per heavy atom. The lowest BCUT2D eigenvalue weighted by molar-refractivity contribution is 0.119. The highest BCUT2D eigenvalue weighted by molar-refractivity contribution is 6.31. The van der Waals surface area contributed by atoms with E-state index in [1.54, 1.807) is 26.4 Å². The van der Waals surface area contributed by atoms with Gasteiger partial charge in [0.1, 0.15) is 5.75 Å². The number of hydrogen-bond acceptors (Lipinski definition) is 7. The first-order chi connectivity index (χ1) is 19.0. The van der Waals surface area contributed by atoms with Gasteiger partial charge < -0.3 is 19.8 Å². The Kier molecular flexibility index (Phi) is 8.60. The summed E-state index contributed by atoms with van der Waals surface area (Å²) in [5.74, 6) is 2.25. The lowest BCUT2D eigenvalue weighted by atomic mass is 9.86. The van der Waals surface area contributed by atoms with Crippen molar-refractivity contribution < 1.29 is 19.8 Å². The van der Waals surface area contributed by atoms with Crippen molar-refractivity contribution in [2.45, 2.75) is 31.8 Å². The summed E-state index contributed by atoms with van der Waals surface area (Å²) in [6.45, 7) is 4.53. The molecule has 3 aromatic rings. The van der Waals surface area contributed by atoms with Gasteiger partial charge in [-0.25, -0.2) is 0 Å². The van der Waals surface area contributed by atoms with Crippen molar-refractivity contribution in [1.29, 1.82) is 0 Å². The Bertz CT molecular complexity index is 1310. The second-order valence-electron chi connectivity index (χ2n) is 10.4. The molecule has 0 bridgehead atoms. The normalized spacial score (nSPS) is 18.8. The summed E-state index contributed by atoms with van der Waals surface area (Å²) >= 11 is 6.25. The molecule has 2 N–H and O–H groups in total. The molecule has 2 aliphatic rings. The number of phenolic OH excluding ortho intramolecular Hbond substituents is 1. The number of fused-ring (bicyclic) bond motifs is 1. The number of benzene rings is 3. The van der Waals surface area contributed by atoms with E-state index in [9.17, 15) is 5.11 Å². The molecule has 0 amide bonds. The number of piperidine rings is 1. The number of phenols is 1. The minimum absolute atomic E-state index is 0.115. The first-order valence-electron chi connectivity index (χ1n) is 13.5. The predicted octanol–water partition coefficient (Wildman–Crippen LogP) is 5.73. The third kappa shape index (κ3) is 6.01. The Balaban J connectivity index is 1.30. The summed E-state index contributed by atoms with van der Waals surface area (Å²) in [5.41, 5.74) is 5.07. The van der Waals surface area contributed by atoms with E-state index in [1.165, 1.54) is 22.9 Å². The molecule has 3 aromatic carbocycles. The molecule has 1 unspecified atom stereocenters. The van der Waals surface area contributed by atoms with Crippen LogP contribution in [0.25, 0.3) is 0 Å². The van der Waals surface area contributed by atoms with Crippen molar-refractivity contribution in [3.63, 3.8) is 0 Å². The summed E-state index contributed by atoms with van der Waals surface area (Å²) in [6.07, 6.45) is 4.36. The fourth-order valence-corrected chi connectivity index (χ4v) is 6.33. The van der Waals surface area contributed by atoms with Gasteiger partial charge in [-0.2, -0.15) is 0 Å². The smallest absolute Gasteiger partial charge is 0.161 e. The van der Waals surface area contributed by atoms with Crippen molar-refractivity contribution >= 4 is 17.8 Å². The number of likely N-dealkylation sites (tertiary alicyclic amines) is 1. The minimum Gasteiger partial charge on any atom is -0.507 e. The number of ether oxygens (including phenoxy) is 2. The second kappa shape index (κ2) is 12.3. The maximum atomic E-state index is 10.6. The molecule has 8 heteroatoms. The summed E-state index contributed by atoms with van der Waals surface area (Å²) in [5, 5.41) is 23.1. The van der Waals surface area contributed by atoms with Gasteiger partial charge in [-0.3, -0.25) is 9.80 Å². The van der Waals surface area contributed by atoms with E-state index in [1.807, 2.05) is 0 Å². The van der Waals surface area contributed by atoms with Crippen LogP contribution >= 0.6 is 11.6 Å². The summed E-state index contributed by atoms with van der Waals surface area (Å²) < 4.78 is 11.3. The van der Waals surface area contributed by atoms with Crippen molar-refractivity contribution in [3.8, 4) is 17.2 Å². The number of oxime groups is 1. The molecule has 7 nitrogen and oxygen atoms in total. The van der Waals surface area contributed by atoms with Gasteiger partial charge in [0.05, 0.1) is 26.5 Å².